The lowest BCUT2D eigenvalue weighted by atomic mass is 10.2. The number of allylic oxidation sites excluding steroid dienone is 1. The minimum absolute atomic E-state index is 0.0580. The van der Waals surface area contributed by atoms with Crippen LogP contribution in [-0.4, -0.2) is 36.2 Å². The molecule has 0 saturated heterocycles. The summed E-state index contributed by atoms with van der Waals surface area (Å²) in [6.45, 7) is 4.42. The number of rotatable bonds is 6. The SMILES string of the molecule is COc1ccccc1CN(CCO)C(=O)C=C(C)C. The van der Waals surface area contributed by atoms with Crippen LogP contribution >= 0.6 is 0 Å². The van der Waals surface area contributed by atoms with Gasteiger partial charge in [0.2, 0.25) is 5.91 Å². The standard InChI is InChI=1S/C15H21NO3/c1-12(2)10-15(18)16(8-9-17)11-13-6-4-5-7-14(13)19-3/h4-7,10,17H,8-9,11H2,1-3H3. The molecule has 104 valence electrons. The second kappa shape index (κ2) is 7.59. The van der Waals surface area contributed by atoms with Gasteiger partial charge in [0, 0.05) is 24.7 Å². The van der Waals surface area contributed by atoms with Gasteiger partial charge in [-0.25, -0.2) is 0 Å². The average molecular weight is 263 g/mol. The Balaban J connectivity index is 2.89. The Bertz CT molecular complexity index is 450. The molecular weight excluding hydrogens is 242 g/mol. The van der Waals surface area contributed by atoms with Crippen LogP contribution in [0, 0.1) is 0 Å². The Morgan fingerprint density at radius 1 is 1.37 bits per heavy atom. The number of ether oxygens (including phenoxy) is 1. The molecule has 0 spiro atoms. The first-order valence-corrected chi connectivity index (χ1v) is 6.25. The molecule has 0 aromatic heterocycles. The molecule has 19 heavy (non-hydrogen) atoms. The number of aliphatic hydroxyl groups excluding tert-OH is 1. The summed E-state index contributed by atoms with van der Waals surface area (Å²) in [7, 11) is 1.60. The van der Waals surface area contributed by atoms with Crippen molar-refractivity contribution in [3.63, 3.8) is 0 Å². The second-order valence-electron chi connectivity index (χ2n) is 4.52. The van der Waals surface area contributed by atoms with Crippen LogP contribution < -0.4 is 4.74 Å². The molecule has 0 aliphatic carbocycles. The Morgan fingerprint density at radius 2 is 2.05 bits per heavy atom. The van der Waals surface area contributed by atoms with E-state index in [1.165, 1.54) is 0 Å². The maximum Gasteiger partial charge on any atom is 0.246 e. The van der Waals surface area contributed by atoms with E-state index >= 15 is 0 Å². The molecule has 0 bridgehead atoms. The van der Waals surface area contributed by atoms with Crippen LogP contribution in [0.25, 0.3) is 0 Å². The predicted octanol–water partition coefficient (Wildman–Crippen LogP) is 1.98. The van der Waals surface area contributed by atoms with E-state index in [0.29, 0.717) is 13.1 Å². The van der Waals surface area contributed by atoms with Crippen LogP contribution in [0.5, 0.6) is 5.75 Å². The van der Waals surface area contributed by atoms with Gasteiger partial charge in [0.1, 0.15) is 5.75 Å². The van der Waals surface area contributed by atoms with E-state index < -0.39 is 0 Å². The van der Waals surface area contributed by atoms with Gasteiger partial charge >= 0.3 is 0 Å². The highest BCUT2D eigenvalue weighted by molar-refractivity contribution is 5.88. The summed E-state index contributed by atoms with van der Waals surface area (Å²) in [6, 6.07) is 7.56. The van der Waals surface area contributed by atoms with Crippen molar-refractivity contribution in [2.45, 2.75) is 20.4 Å². The third kappa shape index (κ3) is 4.75. The first-order chi connectivity index (χ1) is 9.08. The number of nitrogens with zero attached hydrogens (tertiary/aromatic N) is 1. The zero-order valence-electron chi connectivity index (χ0n) is 11.7. The molecule has 0 fully saturated rings. The molecule has 0 aliphatic rings. The Kier molecular flexibility index (Phi) is 6.09. The van der Waals surface area contributed by atoms with Gasteiger partial charge in [-0.1, -0.05) is 23.8 Å². The maximum absolute atomic E-state index is 12.0. The van der Waals surface area contributed by atoms with Crippen LogP contribution in [0.15, 0.2) is 35.9 Å². The fraction of sp³-hybridized carbons (Fsp3) is 0.400. The van der Waals surface area contributed by atoms with Crippen molar-refractivity contribution < 1.29 is 14.6 Å². The smallest absolute Gasteiger partial charge is 0.246 e. The van der Waals surface area contributed by atoms with Crippen molar-refractivity contribution in [2.75, 3.05) is 20.3 Å². The molecule has 0 radical (unpaired) electrons. The van der Waals surface area contributed by atoms with Crippen molar-refractivity contribution in [3.05, 3.63) is 41.5 Å². The highest BCUT2D eigenvalue weighted by Gasteiger charge is 2.13. The summed E-state index contributed by atoms with van der Waals surface area (Å²) >= 11 is 0. The van der Waals surface area contributed by atoms with E-state index in [9.17, 15) is 4.79 Å². The molecule has 1 aromatic carbocycles. The van der Waals surface area contributed by atoms with Gasteiger partial charge in [-0.2, -0.15) is 0 Å². The summed E-state index contributed by atoms with van der Waals surface area (Å²) in [5.41, 5.74) is 1.86. The fourth-order valence-corrected chi connectivity index (χ4v) is 1.77. The third-order valence-electron chi connectivity index (χ3n) is 2.65. The maximum atomic E-state index is 12.0. The van der Waals surface area contributed by atoms with Gasteiger partial charge in [-0.15, -0.1) is 0 Å². The molecule has 0 saturated carbocycles. The summed E-state index contributed by atoms with van der Waals surface area (Å²) in [5, 5.41) is 9.08. The second-order valence-corrected chi connectivity index (χ2v) is 4.52. The lowest BCUT2D eigenvalue weighted by Gasteiger charge is -2.21. The van der Waals surface area contributed by atoms with E-state index in [4.69, 9.17) is 9.84 Å². The van der Waals surface area contributed by atoms with Crippen molar-refractivity contribution in [2.24, 2.45) is 0 Å². The molecule has 0 aliphatic heterocycles. The van der Waals surface area contributed by atoms with Crippen molar-refractivity contribution in [1.82, 2.24) is 4.90 Å². The predicted molar refractivity (Wildman–Crippen MR) is 74.9 cm³/mol. The molecule has 0 heterocycles. The van der Waals surface area contributed by atoms with Gasteiger partial charge in [-0.3, -0.25) is 4.79 Å². The minimum atomic E-state index is -0.0973. The topological polar surface area (TPSA) is 49.8 Å². The van der Waals surface area contributed by atoms with Crippen molar-refractivity contribution >= 4 is 5.91 Å². The zero-order chi connectivity index (χ0) is 14.3. The lowest BCUT2D eigenvalue weighted by molar-refractivity contribution is -0.127. The van der Waals surface area contributed by atoms with E-state index in [1.54, 1.807) is 18.1 Å². The number of carbonyl (C=O) groups is 1. The Labute approximate surface area is 114 Å². The Morgan fingerprint density at radius 3 is 2.63 bits per heavy atom. The third-order valence-corrected chi connectivity index (χ3v) is 2.65. The largest absolute Gasteiger partial charge is 0.496 e. The van der Waals surface area contributed by atoms with E-state index in [2.05, 4.69) is 0 Å². The normalized spacial score (nSPS) is 9.89. The summed E-state index contributed by atoms with van der Waals surface area (Å²) in [5.74, 6) is 0.649. The van der Waals surface area contributed by atoms with Crippen LogP contribution in [0.3, 0.4) is 0 Å². The van der Waals surface area contributed by atoms with Gasteiger partial charge in [0.15, 0.2) is 0 Å². The Hall–Kier alpha value is -1.81. The molecule has 1 aromatic rings. The lowest BCUT2D eigenvalue weighted by Crippen LogP contribution is -2.32. The first-order valence-electron chi connectivity index (χ1n) is 6.25. The molecule has 4 heteroatoms. The van der Waals surface area contributed by atoms with Crippen LogP contribution in [0.1, 0.15) is 19.4 Å². The highest BCUT2D eigenvalue weighted by atomic mass is 16.5. The number of methoxy groups -OCH3 is 1. The molecule has 0 atom stereocenters. The number of benzene rings is 1. The van der Waals surface area contributed by atoms with Crippen molar-refractivity contribution in [3.8, 4) is 5.75 Å². The molecule has 1 amide bonds. The van der Waals surface area contributed by atoms with Crippen LogP contribution in [0.4, 0.5) is 0 Å². The van der Waals surface area contributed by atoms with Gasteiger partial charge in [-0.05, 0) is 19.9 Å². The monoisotopic (exact) mass is 263 g/mol. The van der Waals surface area contributed by atoms with E-state index in [-0.39, 0.29) is 12.5 Å². The highest BCUT2D eigenvalue weighted by Crippen LogP contribution is 2.19. The zero-order valence-corrected chi connectivity index (χ0v) is 11.7. The van der Waals surface area contributed by atoms with Crippen LogP contribution in [0.2, 0.25) is 0 Å². The van der Waals surface area contributed by atoms with Crippen molar-refractivity contribution in [1.29, 1.82) is 0 Å². The van der Waals surface area contributed by atoms with Gasteiger partial charge in [0.05, 0.1) is 13.7 Å². The summed E-state index contributed by atoms with van der Waals surface area (Å²) in [6.07, 6.45) is 1.57. The quantitative estimate of drug-likeness (QED) is 0.798. The van der Waals surface area contributed by atoms with Gasteiger partial charge < -0.3 is 14.7 Å². The fourth-order valence-electron chi connectivity index (χ4n) is 1.77. The molecule has 1 rings (SSSR count). The molecule has 1 N–H and O–H groups in total. The van der Waals surface area contributed by atoms with Gasteiger partial charge in [0.25, 0.3) is 0 Å². The minimum Gasteiger partial charge on any atom is -0.496 e. The number of para-hydroxylation sites is 1. The molecular formula is C15H21NO3. The number of aliphatic hydroxyl groups is 1. The number of carbonyl (C=O) groups excluding carboxylic acids is 1. The number of hydrogen-bond acceptors (Lipinski definition) is 3. The average Bonchev–Trinajstić information content (AvgIpc) is 2.38. The number of amides is 1. The van der Waals surface area contributed by atoms with Crippen LogP contribution in [-0.2, 0) is 11.3 Å². The first kappa shape index (κ1) is 15.2. The van der Waals surface area contributed by atoms with E-state index in [0.717, 1.165) is 16.9 Å². The van der Waals surface area contributed by atoms with E-state index in [1.807, 2.05) is 38.1 Å². The summed E-state index contributed by atoms with van der Waals surface area (Å²) < 4.78 is 5.27. The summed E-state index contributed by atoms with van der Waals surface area (Å²) in [4.78, 5) is 13.6. The number of hydrogen-bond donors (Lipinski definition) is 1. The molecule has 0 unspecified atom stereocenters. The molecule has 4 nitrogen and oxygen atoms in total.